The van der Waals surface area contributed by atoms with E-state index in [0.29, 0.717) is 18.2 Å². The number of ether oxygens (including phenoxy) is 1. The van der Waals surface area contributed by atoms with Gasteiger partial charge < -0.3 is 4.74 Å². The molecule has 2 rings (SSSR count). The standard InChI is InChI=1S/C14H16N4O/c1-10(2)9-19-13-6-4-12(5-7-13)18-11(3)14(8-15)16-17-18/h4-7,10H,9H2,1-3H3. The Hall–Kier alpha value is -2.35. The lowest BCUT2D eigenvalue weighted by molar-refractivity contribution is 0.271. The van der Waals surface area contributed by atoms with Crippen LogP contribution in [0.2, 0.25) is 0 Å². The van der Waals surface area contributed by atoms with Crippen molar-refractivity contribution in [1.29, 1.82) is 5.26 Å². The summed E-state index contributed by atoms with van der Waals surface area (Å²) in [6, 6.07) is 9.60. The monoisotopic (exact) mass is 256 g/mol. The van der Waals surface area contributed by atoms with Gasteiger partial charge in [0.2, 0.25) is 0 Å². The van der Waals surface area contributed by atoms with Gasteiger partial charge in [-0.15, -0.1) is 5.10 Å². The molecule has 0 fully saturated rings. The summed E-state index contributed by atoms with van der Waals surface area (Å²) in [5.74, 6) is 1.33. The first-order chi connectivity index (χ1) is 9.11. The van der Waals surface area contributed by atoms with Crippen LogP contribution in [0.15, 0.2) is 24.3 Å². The number of hydrogen-bond donors (Lipinski definition) is 0. The molecule has 0 unspecified atom stereocenters. The highest BCUT2D eigenvalue weighted by Crippen LogP contribution is 2.17. The van der Waals surface area contributed by atoms with E-state index in [4.69, 9.17) is 10.00 Å². The van der Waals surface area contributed by atoms with E-state index in [9.17, 15) is 0 Å². The van der Waals surface area contributed by atoms with E-state index in [-0.39, 0.29) is 0 Å². The van der Waals surface area contributed by atoms with Crippen molar-refractivity contribution in [3.63, 3.8) is 0 Å². The lowest BCUT2D eigenvalue weighted by atomic mass is 10.2. The molecule has 0 aliphatic carbocycles. The third-order valence-electron chi connectivity index (χ3n) is 2.67. The summed E-state index contributed by atoms with van der Waals surface area (Å²) in [4.78, 5) is 0. The maximum atomic E-state index is 8.86. The highest BCUT2D eigenvalue weighted by molar-refractivity contribution is 5.39. The van der Waals surface area contributed by atoms with Crippen LogP contribution >= 0.6 is 0 Å². The van der Waals surface area contributed by atoms with Crippen LogP contribution in [0.4, 0.5) is 0 Å². The molecule has 2 aromatic rings. The molecule has 1 aromatic carbocycles. The summed E-state index contributed by atoms with van der Waals surface area (Å²) >= 11 is 0. The van der Waals surface area contributed by atoms with Gasteiger partial charge in [0, 0.05) is 0 Å². The second-order valence-electron chi connectivity index (χ2n) is 4.75. The van der Waals surface area contributed by atoms with Gasteiger partial charge in [-0.1, -0.05) is 19.1 Å². The lowest BCUT2D eigenvalue weighted by Crippen LogP contribution is -2.05. The molecule has 0 saturated heterocycles. The third kappa shape index (κ3) is 2.91. The number of nitrogens with zero attached hydrogens (tertiary/aromatic N) is 4. The van der Waals surface area contributed by atoms with Gasteiger partial charge in [0.05, 0.1) is 18.0 Å². The molecule has 98 valence electrons. The van der Waals surface area contributed by atoms with Gasteiger partial charge in [-0.3, -0.25) is 0 Å². The van der Waals surface area contributed by atoms with E-state index in [1.165, 1.54) is 0 Å². The van der Waals surface area contributed by atoms with E-state index in [0.717, 1.165) is 17.1 Å². The van der Waals surface area contributed by atoms with Gasteiger partial charge in [0.25, 0.3) is 0 Å². The van der Waals surface area contributed by atoms with E-state index >= 15 is 0 Å². The van der Waals surface area contributed by atoms with Crippen LogP contribution in [0.5, 0.6) is 5.75 Å². The Labute approximate surface area is 112 Å². The summed E-state index contributed by atoms with van der Waals surface area (Å²) in [6.07, 6.45) is 0. The van der Waals surface area contributed by atoms with Gasteiger partial charge in [-0.25, -0.2) is 4.68 Å². The Morgan fingerprint density at radius 3 is 2.53 bits per heavy atom. The highest BCUT2D eigenvalue weighted by atomic mass is 16.5. The Balaban J connectivity index is 2.18. The molecular formula is C14H16N4O. The van der Waals surface area contributed by atoms with Crippen LogP contribution in [-0.2, 0) is 0 Å². The predicted molar refractivity (Wildman–Crippen MR) is 71.1 cm³/mol. The Kier molecular flexibility index (Phi) is 3.81. The fourth-order valence-electron chi connectivity index (χ4n) is 1.62. The van der Waals surface area contributed by atoms with Crippen LogP contribution in [0.1, 0.15) is 25.2 Å². The van der Waals surface area contributed by atoms with E-state index in [2.05, 4.69) is 24.2 Å². The zero-order valence-electron chi connectivity index (χ0n) is 11.3. The molecule has 0 radical (unpaired) electrons. The maximum Gasteiger partial charge on any atom is 0.186 e. The Bertz CT molecular complexity index is 593. The summed E-state index contributed by atoms with van der Waals surface area (Å²) < 4.78 is 7.26. The molecule has 0 saturated carbocycles. The van der Waals surface area contributed by atoms with Crippen molar-refractivity contribution in [3.8, 4) is 17.5 Å². The summed E-state index contributed by atoms with van der Waals surface area (Å²) in [5, 5.41) is 16.6. The molecule has 0 atom stereocenters. The maximum absolute atomic E-state index is 8.86. The molecule has 0 aliphatic heterocycles. The highest BCUT2D eigenvalue weighted by Gasteiger charge is 2.09. The van der Waals surface area contributed by atoms with Crippen LogP contribution < -0.4 is 4.74 Å². The van der Waals surface area contributed by atoms with Crippen LogP contribution in [0, 0.1) is 24.2 Å². The molecule has 1 heterocycles. The topological polar surface area (TPSA) is 63.7 Å². The number of aromatic nitrogens is 3. The molecule has 5 heteroatoms. The first kappa shape index (κ1) is 13.1. The fourth-order valence-corrected chi connectivity index (χ4v) is 1.62. The van der Waals surface area contributed by atoms with Crippen molar-refractivity contribution in [2.45, 2.75) is 20.8 Å². The van der Waals surface area contributed by atoms with Crippen molar-refractivity contribution in [3.05, 3.63) is 35.7 Å². The quantitative estimate of drug-likeness (QED) is 0.843. The molecule has 0 bridgehead atoms. The zero-order valence-corrected chi connectivity index (χ0v) is 11.3. The van der Waals surface area contributed by atoms with Crippen molar-refractivity contribution in [1.82, 2.24) is 15.0 Å². The zero-order chi connectivity index (χ0) is 13.8. The largest absolute Gasteiger partial charge is 0.493 e. The van der Waals surface area contributed by atoms with Gasteiger partial charge >= 0.3 is 0 Å². The summed E-state index contributed by atoms with van der Waals surface area (Å²) in [7, 11) is 0. The number of hydrogen-bond acceptors (Lipinski definition) is 4. The second-order valence-corrected chi connectivity index (χ2v) is 4.75. The molecule has 5 nitrogen and oxygen atoms in total. The lowest BCUT2D eigenvalue weighted by Gasteiger charge is -2.09. The molecule has 0 N–H and O–H groups in total. The molecule has 0 amide bonds. The van der Waals surface area contributed by atoms with E-state index in [1.54, 1.807) is 4.68 Å². The minimum atomic E-state index is 0.347. The fraction of sp³-hybridized carbons (Fsp3) is 0.357. The van der Waals surface area contributed by atoms with Crippen molar-refractivity contribution in [2.24, 2.45) is 5.92 Å². The number of rotatable bonds is 4. The van der Waals surface area contributed by atoms with Crippen molar-refractivity contribution < 1.29 is 4.74 Å². The first-order valence-electron chi connectivity index (χ1n) is 6.17. The van der Waals surface area contributed by atoms with Crippen molar-refractivity contribution in [2.75, 3.05) is 6.61 Å². The molecular weight excluding hydrogens is 240 g/mol. The summed E-state index contributed by atoms with van der Waals surface area (Å²) in [6.45, 7) is 6.73. The van der Waals surface area contributed by atoms with Crippen LogP contribution in [-0.4, -0.2) is 21.6 Å². The van der Waals surface area contributed by atoms with E-state index < -0.39 is 0 Å². The molecule has 19 heavy (non-hydrogen) atoms. The van der Waals surface area contributed by atoms with E-state index in [1.807, 2.05) is 37.3 Å². The van der Waals surface area contributed by atoms with Gasteiger partial charge in [0.1, 0.15) is 11.8 Å². The van der Waals surface area contributed by atoms with Crippen LogP contribution in [0.3, 0.4) is 0 Å². The smallest absolute Gasteiger partial charge is 0.186 e. The molecule has 0 spiro atoms. The van der Waals surface area contributed by atoms with Crippen LogP contribution in [0.25, 0.3) is 5.69 Å². The van der Waals surface area contributed by atoms with Gasteiger partial charge in [-0.2, -0.15) is 5.26 Å². The molecule has 0 aliphatic rings. The second kappa shape index (κ2) is 5.53. The normalized spacial score (nSPS) is 10.5. The van der Waals surface area contributed by atoms with Gasteiger partial charge in [-0.05, 0) is 37.1 Å². The Morgan fingerprint density at radius 2 is 2.00 bits per heavy atom. The first-order valence-corrected chi connectivity index (χ1v) is 6.17. The third-order valence-corrected chi connectivity index (χ3v) is 2.67. The van der Waals surface area contributed by atoms with Gasteiger partial charge in [0.15, 0.2) is 5.69 Å². The number of nitriles is 1. The minimum Gasteiger partial charge on any atom is -0.493 e. The Morgan fingerprint density at radius 1 is 1.32 bits per heavy atom. The SMILES string of the molecule is Cc1c(C#N)nnn1-c1ccc(OCC(C)C)cc1. The average molecular weight is 256 g/mol. The predicted octanol–water partition coefficient (Wildman–Crippen LogP) is 2.48. The summed E-state index contributed by atoms with van der Waals surface area (Å²) in [5.41, 5.74) is 1.95. The van der Waals surface area contributed by atoms with Crippen molar-refractivity contribution >= 4 is 0 Å². The number of benzene rings is 1. The average Bonchev–Trinajstić information content (AvgIpc) is 2.78. The molecule has 1 aromatic heterocycles. The minimum absolute atomic E-state index is 0.347.